The lowest BCUT2D eigenvalue weighted by Gasteiger charge is -2.18. The van der Waals surface area contributed by atoms with E-state index in [-0.39, 0.29) is 18.0 Å². The third kappa shape index (κ3) is 9.10. The summed E-state index contributed by atoms with van der Waals surface area (Å²) < 4.78 is 5.32. The first-order chi connectivity index (χ1) is 5.95. The second-order valence-corrected chi connectivity index (χ2v) is 4.00. The van der Waals surface area contributed by atoms with Crippen molar-refractivity contribution in [2.75, 3.05) is 6.61 Å². The Kier molecular flexibility index (Phi) is 5.41. The number of hydrogen-bond donors (Lipinski definition) is 0. The van der Waals surface area contributed by atoms with Gasteiger partial charge in [-0.05, 0) is 27.2 Å². The largest absolute Gasteiger partial charge is 0.368 e. The van der Waals surface area contributed by atoms with Crippen molar-refractivity contribution >= 4 is 5.78 Å². The summed E-state index contributed by atoms with van der Waals surface area (Å²) in [6, 6.07) is 0. The molecule has 0 aliphatic rings. The SMILES string of the molecule is C#CCCCC(=O)COC(C)(C)C. The number of carbonyl (C=O) groups is 1. The van der Waals surface area contributed by atoms with Crippen LogP contribution in [-0.2, 0) is 9.53 Å². The fourth-order valence-corrected chi connectivity index (χ4v) is 0.757. The van der Waals surface area contributed by atoms with Gasteiger partial charge in [-0.1, -0.05) is 0 Å². The van der Waals surface area contributed by atoms with Crippen LogP contribution in [0.15, 0.2) is 0 Å². The first kappa shape index (κ1) is 12.2. The molecule has 0 rings (SSSR count). The fraction of sp³-hybridized carbons (Fsp3) is 0.727. The third-order valence-electron chi connectivity index (χ3n) is 1.44. The topological polar surface area (TPSA) is 26.3 Å². The zero-order valence-corrected chi connectivity index (χ0v) is 8.72. The van der Waals surface area contributed by atoms with Crippen LogP contribution in [0, 0.1) is 12.3 Å². The first-order valence-corrected chi connectivity index (χ1v) is 4.55. The quantitative estimate of drug-likeness (QED) is 0.481. The van der Waals surface area contributed by atoms with Gasteiger partial charge in [0.2, 0.25) is 0 Å². The summed E-state index contributed by atoms with van der Waals surface area (Å²) in [6.07, 6.45) is 7.03. The summed E-state index contributed by atoms with van der Waals surface area (Å²) in [5, 5.41) is 0. The second-order valence-electron chi connectivity index (χ2n) is 4.00. The predicted molar refractivity (Wildman–Crippen MR) is 53.4 cm³/mol. The van der Waals surface area contributed by atoms with Crippen molar-refractivity contribution in [3.05, 3.63) is 0 Å². The normalized spacial score (nSPS) is 10.9. The van der Waals surface area contributed by atoms with Crippen LogP contribution in [0.1, 0.15) is 40.0 Å². The molecule has 0 atom stereocenters. The van der Waals surface area contributed by atoms with Gasteiger partial charge < -0.3 is 4.74 Å². The van der Waals surface area contributed by atoms with Crippen LogP contribution in [0.2, 0.25) is 0 Å². The third-order valence-corrected chi connectivity index (χ3v) is 1.44. The van der Waals surface area contributed by atoms with Crippen LogP contribution in [0.5, 0.6) is 0 Å². The van der Waals surface area contributed by atoms with Crippen LogP contribution in [0.25, 0.3) is 0 Å². The number of ether oxygens (including phenoxy) is 1. The molecule has 2 heteroatoms. The maximum Gasteiger partial charge on any atom is 0.158 e. The van der Waals surface area contributed by atoms with Gasteiger partial charge in [0.1, 0.15) is 6.61 Å². The highest BCUT2D eigenvalue weighted by Gasteiger charge is 2.12. The molecule has 0 aromatic heterocycles. The number of Topliss-reactive ketones (excluding diaryl/α,β-unsaturated/α-hetero) is 1. The fourth-order valence-electron chi connectivity index (χ4n) is 0.757. The molecule has 0 amide bonds. The highest BCUT2D eigenvalue weighted by molar-refractivity contribution is 5.79. The van der Waals surface area contributed by atoms with Crippen molar-refractivity contribution in [1.82, 2.24) is 0 Å². The number of unbranched alkanes of at least 4 members (excludes halogenated alkanes) is 1. The summed E-state index contributed by atoms with van der Waals surface area (Å²) in [5.41, 5.74) is -0.234. The second kappa shape index (κ2) is 5.77. The Bertz CT molecular complexity index is 193. The molecule has 0 fully saturated rings. The van der Waals surface area contributed by atoms with E-state index in [1.54, 1.807) is 0 Å². The Morgan fingerprint density at radius 3 is 2.54 bits per heavy atom. The summed E-state index contributed by atoms with van der Waals surface area (Å²) >= 11 is 0. The molecule has 0 radical (unpaired) electrons. The molecule has 0 spiro atoms. The van der Waals surface area contributed by atoms with E-state index in [9.17, 15) is 4.79 Å². The van der Waals surface area contributed by atoms with E-state index in [1.165, 1.54) is 0 Å². The molecule has 0 aliphatic heterocycles. The van der Waals surface area contributed by atoms with Gasteiger partial charge >= 0.3 is 0 Å². The summed E-state index contributed by atoms with van der Waals surface area (Å²) in [4.78, 5) is 11.2. The van der Waals surface area contributed by atoms with E-state index in [0.717, 1.165) is 6.42 Å². The van der Waals surface area contributed by atoms with Gasteiger partial charge in [0.15, 0.2) is 5.78 Å². The van der Waals surface area contributed by atoms with E-state index in [4.69, 9.17) is 11.2 Å². The first-order valence-electron chi connectivity index (χ1n) is 4.55. The van der Waals surface area contributed by atoms with Gasteiger partial charge in [0.25, 0.3) is 0 Å². The molecule has 74 valence electrons. The maximum atomic E-state index is 11.2. The highest BCUT2D eigenvalue weighted by Crippen LogP contribution is 2.07. The van der Waals surface area contributed by atoms with Crippen molar-refractivity contribution in [3.63, 3.8) is 0 Å². The van der Waals surface area contributed by atoms with Gasteiger partial charge in [0.05, 0.1) is 5.60 Å². The van der Waals surface area contributed by atoms with Gasteiger partial charge in [-0.25, -0.2) is 0 Å². The number of carbonyl (C=O) groups excluding carboxylic acids is 1. The van der Waals surface area contributed by atoms with E-state index >= 15 is 0 Å². The molecular weight excluding hydrogens is 164 g/mol. The van der Waals surface area contributed by atoms with Crippen LogP contribution in [-0.4, -0.2) is 18.0 Å². The molecular formula is C11H18O2. The maximum absolute atomic E-state index is 11.2. The average molecular weight is 182 g/mol. The molecule has 0 saturated carbocycles. The predicted octanol–water partition coefficient (Wildman–Crippen LogP) is 2.17. The van der Waals surface area contributed by atoms with Crippen LogP contribution in [0.3, 0.4) is 0 Å². The van der Waals surface area contributed by atoms with Crippen LogP contribution in [0.4, 0.5) is 0 Å². The van der Waals surface area contributed by atoms with E-state index in [2.05, 4.69) is 5.92 Å². The number of terminal acetylenes is 1. The smallest absolute Gasteiger partial charge is 0.158 e. The molecule has 13 heavy (non-hydrogen) atoms. The number of rotatable bonds is 5. The molecule has 0 aromatic rings. The minimum Gasteiger partial charge on any atom is -0.368 e. The molecule has 2 nitrogen and oxygen atoms in total. The molecule has 0 heterocycles. The van der Waals surface area contributed by atoms with E-state index in [0.29, 0.717) is 12.8 Å². The lowest BCUT2D eigenvalue weighted by molar-refractivity contribution is -0.128. The Morgan fingerprint density at radius 1 is 1.46 bits per heavy atom. The Morgan fingerprint density at radius 2 is 2.08 bits per heavy atom. The molecule has 0 unspecified atom stereocenters. The summed E-state index contributed by atoms with van der Waals surface area (Å²) in [7, 11) is 0. The van der Waals surface area contributed by atoms with Gasteiger partial charge in [-0.3, -0.25) is 4.79 Å². The van der Waals surface area contributed by atoms with Gasteiger partial charge in [0, 0.05) is 12.8 Å². The zero-order valence-electron chi connectivity index (χ0n) is 8.72. The van der Waals surface area contributed by atoms with Crippen molar-refractivity contribution in [3.8, 4) is 12.3 Å². The summed E-state index contributed by atoms with van der Waals surface area (Å²) in [6.45, 7) is 6.00. The number of ketones is 1. The van der Waals surface area contributed by atoms with Gasteiger partial charge in [-0.15, -0.1) is 12.3 Å². The minimum atomic E-state index is -0.234. The van der Waals surface area contributed by atoms with Gasteiger partial charge in [-0.2, -0.15) is 0 Å². The van der Waals surface area contributed by atoms with Crippen molar-refractivity contribution in [2.24, 2.45) is 0 Å². The molecule has 0 N–H and O–H groups in total. The lowest BCUT2D eigenvalue weighted by Crippen LogP contribution is -2.23. The average Bonchev–Trinajstić information content (AvgIpc) is 2.00. The van der Waals surface area contributed by atoms with Crippen molar-refractivity contribution < 1.29 is 9.53 Å². The Balaban J connectivity index is 3.48. The standard InChI is InChI=1S/C11H18O2/c1-5-6-7-8-10(12)9-13-11(2,3)4/h1H,6-9H2,2-4H3. The Hall–Kier alpha value is -0.810. The van der Waals surface area contributed by atoms with E-state index in [1.807, 2.05) is 20.8 Å². The summed E-state index contributed by atoms with van der Waals surface area (Å²) in [5.74, 6) is 2.63. The monoisotopic (exact) mass is 182 g/mol. The molecule has 0 aromatic carbocycles. The Labute approximate surface area is 80.7 Å². The zero-order chi connectivity index (χ0) is 10.3. The van der Waals surface area contributed by atoms with Crippen molar-refractivity contribution in [1.29, 1.82) is 0 Å². The molecule has 0 bridgehead atoms. The van der Waals surface area contributed by atoms with Crippen molar-refractivity contribution in [2.45, 2.75) is 45.6 Å². The van der Waals surface area contributed by atoms with E-state index < -0.39 is 0 Å². The minimum absolute atomic E-state index is 0.130. The van der Waals surface area contributed by atoms with Crippen LogP contribution >= 0.6 is 0 Å². The lowest BCUT2D eigenvalue weighted by atomic mass is 10.1. The molecule has 0 saturated heterocycles. The highest BCUT2D eigenvalue weighted by atomic mass is 16.5. The molecule has 0 aliphatic carbocycles. The van der Waals surface area contributed by atoms with Crippen LogP contribution < -0.4 is 0 Å². The number of hydrogen-bond acceptors (Lipinski definition) is 2.